The molecule has 0 radical (unpaired) electrons. The molecular formula is C13H13FN2O4S. The number of carbonyl (C=O) groups is 1. The summed E-state index contributed by atoms with van der Waals surface area (Å²) in [4.78, 5) is 11.0. The molecule has 0 bridgehead atoms. The highest BCUT2D eigenvalue weighted by molar-refractivity contribution is 7.89. The van der Waals surface area contributed by atoms with Crippen LogP contribution in [0.1, 0.15) is 18.9 Å². The van der Waals surface area contributed by atoms with Crippen molar-refractivity contribution in [3.63, 3.8) is 0 Å². The van der Waals surface area contributed by atoms with Gasteiger partial charge >= 0.3 is 5.97 Å². The summed E-state index contributed by atoms with van der Waals surface area (Å²) in [5.74, 6) is -2.35. The van der Waals surface area contributed by atoms with Gasteiger partial charge < -0.3 is 5.11 Å². The second-order valence-corrected chi connectivity index (χ2v) is 6.81. The monoisotopic (exact) mass is 312 g/mol. The standard InChI is InChI=1S/C13H13FN2O4S/c1-8-4-5-16(12(8)13(17)18)21(19,20)10-2-3-11(14)9(6-10)7-15/h2-3,6,8,12H,4-5H2,1H3,(H,17,18). The van der Waals surface area contributed by atoms with Gasteiger partial charge in [-0.1, -0.05) is 6.92 Å². The van der Waals surface area contributed by atoms with Crippen molar-refractivity contribution in [2.75, 3.05) is 6.54 Å². The maximum atomic E-state index is 13.3. The molecule has 0 aliphatic carbocycles. The van der Waals surface area contributed by atoms with Crippen LogP contribution in [-0.4, -0.2) is 36.4 Å². The average molecular weight is 312 g/mol. The Bertz CT molecular complexity index is 726. The Morgan fingerprint density at radius 2 is 2.19 bits per heavy atom. The van der Waals surface area contributed by atoms with Crippen LogP contribution in [0.3, 0.4) is 0 Å². The van der Waals surface area contributed by atoms with Gasteiger partial charge in [-0.2, -0.15) is 9.57 Å². The van der Waals surface area contributed by atoms with Crippen molar-refractivity contribution < 1.29 is 22.7 Å². The fourth-order valence-electron chi connectivity index (χ4n) is 2.43. The number of carboxylic acid groups (broad SMARTS) is 1. The van der Waals surface area contributed by atoms with E-state index < -0.39 is 33.4 Å². The van der Waals surface area contributed by atoms with Crippen LogP contribution in [0.4, 0.5) is 4.39 Å². The van der Waals surface area contributed by atoms with Crippen molar-refractivity contribution in [2.24, 2.45) is 5.92 Å². The van der Waals surface area contributed by atoms with Gasteiger partial charge in [-0.25, -0.2) is 12.8 Å². The lowest BCUT2D eigenvalue weighted by Gasteiger charge is -2.22. The van der Waals surface area contributed by atoms with E-state index in [2.05, 4.69) is 0 Å². The highest BCUT2D eigenvalue weighted by Crippen LogP contribution is 2.30. The number of benzene rings is 1. The van der Waals surface area contributed by atoms with E-state index in [4.69, 9.17) is 5.26 Å². The van der Waals surface area contributed by atoms with Gasteiger partial charge in [0.25, 0.3) is 0 Å². The Labute approximate surface area is 121 Å². The summed E-state index contributed by atoms with van der Waals surface area (Å²) in [7, 11) is -4.08. The highest BCUT2D eigenvalue weighted by atomic mass is 32.2. The van der Waals surface area contributed by atoms with Crippen molar-refractivity contribution >= 4 is 16.0 Å². The summed E-state index contributed by atoms with van der Waals surface area (Å²) >= 11 is 0. The van der Waals surface area contributed by atoms with Gasteiger partial charge in [0, 0.05) is 6.54 Å². The van der Waals surface area contributed by atoms with E-state index in [1.54, 1.807) is 13.0 Å². The first kappa shape index (κ1) is 15.4. The molecule has 1 aliphatic rings. The van der Waals surface area contributed by atoms with Gasteiger partial charge in [0.2, 0.25) is 10.0 Å². The van der Waals surface area contributed by atoms with Crippen molar-refractivity contribution in [3.05, 3.63) is 29.6 Å². The summed E-state index contributed by atoms with van der Waals surface area (Å²) in [6.07, 6.45) is 0.433. The van der Waals surface area contributed by atoms with E-state index in [1.165, 1.54) is 0 Å². The van der Waals surface area contributed by atoms with E-state index in [9.17, 15) is 22.7 Å². The van der Waals surface area contributed by atoms with Gasteiger partial charge in [0.1, 0.15) is 17.9 Å². The predicted octanol–water partition coefficient (Wildman–Crippen LogP) is 1.18. The lowest BCUT2D eigenvalue weighted by Crippen LogP contribution is -2.42. The molecular weight excluding hydrogens is 299 g/mol. The molecule has 1 aromatic carbocycles. The number of rotatable bonds is 3. The molecule has 1 saturated heterocycles. The van der Waals surface area contributed by atoms with E-state index in [0.29, 0.717) is 6.42 Å². The topological polar surface area (TPSA) is 98.5 Å². The minimum Gasteiger partial charge on any atom is -0.480 e. The zero-order valence-electron chi connectivity index (χ0n) is 11.2. The number of hydrogen-bond acceptors (Lipinski definition) is 4. The Morgan fingerprint density at radius 3 is 2.76 bits per heavy atom. The number of aliphatic carboxylic acids is 1. The molecule has 2 rings (SSSR count). The summed E-state index contributed by atoms with van der Waals surface area (Å²) in [5.41, 5.74) is -0.393. The number of nitrogens with zero attached hydrogens (tertiary/aromatic N) is 2. The van der Waals surface area contributed by atoms with Crippen molar-refractivity contribution in [1.29, 1.82) is 5.26 Å². The fourth-order valence-corrected chi connectivity index (χ4v) is 4.15. The van der Waals surface area contributed by atoms with Crippen LogP contribution in [0.2, 0.25) is 0 Å². The van der Waals surface area contributed by atoms with Gasteiger partial charge in [0.15, 0.2) is 0 Å². The molecule has 0 spiro atoms. The van der Waals surface area contributed by atoms with Crippen LogP contribution in [0.25, 0.3) is 0 Å². The van der Waals surface area contributed by atoms with Gasteiger partial charge in [0.05, 0.1) is 10.5 Å². The minimum absolute atomic E-state index is 0.0831. The smallest absolute Gasteiger partial charge is 0.322 e. The maximum absolute atomic E-state index is 13.3. The van der Waals surface area contributed by atoms with Crippen molar-refractivity contribution in [3.8, 4) is 6.07 Å². The number of sulfonamides is 1. The SMILES string of the molecule is CC1CCN(S(=O)(=O)c2ccc(F)c(C#N)c2)C1C(=O)O. The zero-order chi connectivity index (χ0) is 15.8. The molecule has 1 N–H and O–H groups in total. The predicted molar refractivity (Wildman–Crippen MR) is 70.2 cm³/mol. The Kier molecular flexibility index (Phi) is 3.98. The van der Waals surface area contributed by atoms with Crippen LogP contribution in [0.5, 0.6) is 0 Å². The van der Waals surface area contributed by atoms with E-state index >= 15 is 0 Å². The molecule has 112 valence electrons. The number of hydrogen-bond donors (Lipinski definition) is 1. The molecule has 0 saturated carbocycles. The van der Waals surface area contributed by atoms with Gasteiger partial charge in [-0.15, -0.1) is 0 Å². The molecule has 1 fully saturated rings. The molecule has 8 heteroatoms. The van der Waals surface area contributed by atoms with Crippen LogP contribution in [0, 0.1) is 23.1 Å². The van der Waals surface area contributed by atoms with Crippen LogP contribution >= 0.6 is 0 Å². The van der Waals surface area contributed by atoms with Gasteiger partial charge in [-0.3, -0.25) is 4.79 Å². The minimum atomic E-state index is -4.08. The Morgan fingerprint density at radius 1 is 1.52 bits per heavy atom. The first-order chi connectivity index (χ1) is 9.78. The average Bonchev–Trinajstić information content (AvgIpc) is 2.81. The number of nitriles is 1. The second-order valence-electron chi connectivity index (χ2n) is 4.92. The van der Waals surface area contributed by atoms with Crippen LogP contribution in [-0.2, 0) is 14.8 Å². The summed E-state index contributed by atoms with van der Waals surface area (Å²) in [6, 6.07) is 3.27. The molecule has 1 aliphatic heterocycles. The van der Waals surface area contributed by atoms with E-state index in [0.717, 1.165) is 22.5 Å². The van der Waals surface area contributed by atoms with Crippen molar-refractivity contribution in [2.45, 2.75) is 24.3 Å². The molecule has 2 unspecified atom stereocenters. The summed E-state index contributed by atoms with van der Waals surface area (Å²) in [5, 5.41) is 18.0. The summed E-state index contributed by atoms with van der Waals surface area (Å²) < 4.78 is 39.2. The van der Waals surface area contributed by atoms with E-state index in [-0.39, 0.29) is 17.4 Å². The second kappa shape index (κ2) is 5.42. The lowest BCUT2D eigenvalue weighted by atomic mass is 10.0. The fraction of sp³-hybridized carbons (Fsp3) is 0.385. The molecule has 0 amide bonds. The molecule has 2 atom stereocenters. The zero-order valence-corrected chi connectivity index (χ0v) is 12.0. The largest absolute Gasteiger partial charge is 0.480 e. The lowest BCUT2D eigenvalue weighted by molar-refractivity contribution is -0.141. The number of halogens is 1. The molecule has 0 aromatic heterocycles. The molecule has 1 aromatic rings. The number of carboxylic acids is 1. The summed E-state index contributed by atoms with van der Waals surface area (Å²) in [6.45, 7) is 1.75. The molecule has 21 heavy (non-hydrogen) atoms. The van der Waals surface area contributed by atoms with Gasteiger partial charge in [-0.05, 0) is 30.5 Å². The van der Waals surface area contributed by atoms with Crippen LogP contribution < -0.4 is 0 Å². The quantitative estimate of drug-likeness (QED) is 0.903. The maximum Gasteiger partial charge on any atom is 0.322 e. The Hall–Kier alpha value is -1.98. The Balaban J connectivity index is 2.48. The highest BCUT2D eigenvalue weighted by Gasteiger charge is 2.43. The third-order valence-electron chi connectivity index (χ3n) is 3.57. The van der Waals surface area contributed by atoms with E-state index in [1.807, 2.05) is 0 Å². The normalized spacial score (nSPS) is 22.9. The van der Waals surface area contributed by atoms with Crippen LogP contribution in [0.15, 0.2) is 23.1 Å². The first-order valence-corrected chi connectivity index (χ1v) is 7.67. The van der Waals surface area contributed by atoms with Crippen molar-refractivity contribution in [1.82, 2.24) is 4.31 Å². The molecule has 6 nitrogen and oxygen atoms in total. The molecule has 1 heterocycles. The third-order valence-corrected chi connectivity index (χ3v) is 5.45. The third kappa shape index (κ3) is 2.62. The first-order valence-electron chi connectivity index (χ1n) is 6.23.